The highest BCUT2D eigenvalue weighted by molar-refractivity contribution is 7.09. The van der Waals surface area contributed by atoms with Gasteiger partial charge >= 0.3 is 0 Å². The SMILES string of the molecule is Cc1ccc2c(=O)cc(C(=O)N(Cc3ccco3)Cc3cccs3)oc2c1. The molecule has 0 atom stereocenters. The Balaban J connectivity index is 1.71. The summed E-state index contributed by atoms with van der Waals surface area (Å²) in [5.74, 6) is 0.348. The summed E-state index contributed by atoms with van der Waals surface area (Å²) in [6, 6.07) is 14.1. The van der Waals surface area contributed by atoms with Gasteiger partial charge in [-0.05, 0) is 48.2 Å². The minimum Gasteiger partial charge on any atom is -0.467 e. The first-order valence-electron chi connectivity index (χ1n) is 8.49. The lowest BCUT2D eigenvalue weighted by Gasteiger charge is -2.20. The summed E-state index contributed by atoms with van der Waals surface area (Å²) >= 11 is 1.57. The first-order chi connectivity index (χ1) is 13.1. The molecule has 0 aliphatic heterocycles. The Hall–Kier alpha value is -3.12. The van der Waals surface area contributed by atoms with Crippen molar-refractivity contribution in [3.63, 3.8) is 0 Å². The Labute approximate surface area is 159 Å². The summed E-state index contributed by atoms with van der Waals surface area (Å²) in [4.78, 5) is 28.2. The summed E-state index contributed by atoms with van der Waals surface area (Å²) < 4.78 is 11.2. The number of thiophene rings is 1. The van der Waals surface area contributed by atoms with E-state index in [4.69, 9.17) is 8.83 Å². The summed E-state index contributed by atoms with van der Waals surface area (Å²) in [5, 5.41) is 2.43. The highest BCUT2D eigenvalue weighted by atomic mass is 32.1. The third-order valence-electron chi connectivity index (χ3n) is 4.24. The zero-order chi connectivity index (χ0) is 18.8. The number of fused-ring (bicyclic) bond motifs is 1. The standard InChI is InChI=1S/C21H17NO4S/c1-14-6-7-17-18(23)11-20(26-19(17)10-14)21(24)22(12-15-4-2-8-25-15)13-16-5-3-9-27-16/h2-11H,12-13H2,1H3. The van der Waals surface area contributed by atoms with Crippen molar-refractivity contribution in [1.82, 2.24) is 4.90 Å². The smallest absolute Gasteiger partial charge is 0.290 e. The number of aryl methyl sites for hydroxylation is 1. The fourth-order valence-corrected chi connectivity index (χ4v) is 3.62. The highest BCUT2D eigenvalue weighted by Gasteiger charge is 2.22. The van der Waals surface area contributed by atoms with Gasteiger partial charge in [-0.2, -0.15) is 0 Å². The number of carbonyl (C=O) groups is 1. The molecule has 5 nitrogen and oxygen atoms in total. The van der Waals surface area contributed by atoms with Crippen molar-refractivity contribution >= 4 is 28.2 Å². The molecule has 0 fully saturated rings. The van der Waals surface area contributed by atoms with E-state index in [-0.39, 0.29) is 17.1 Å². The first-order valence-corrected chi connectivity index (χ1v) is 9.37. The van der Waals surface area contributed by atoms with Gasteiger partial charge in [0.15, 0.2) is 11.2 Å². The summed E-state index contributed by atoms with van der Waals surface area (Å²) in [7, 11) is 0. The predicted octanol–water partition coefficient (Wildman–Crippen LogP) is 4.60. The van der Waals surface area contributed by atoms with Crippen molar-refractivity contribution in [2.24, 2.45) is 0 Å². The maximum absolute atomic E-state index is 13.1. The Kier molecular flexibility index (Phi) is 4.64. The molecule has 0 aliphatic carbocycles. The quantitative estimate of drug-likeness (QED) is 0.508. The van der Waals surface area contributed by atoms with Gasteiger partial charge in [-0.1, -0.05) is 12.1 Å². The second-order valence-corrected chi connectivity index (χ2v) is 7.33. The number of hydrogen-bond acceptors (Lipinski definition) is 5. The van der Waals surface area contributed by atoms with Crippen LogP contribution >= 0.6 is 11.3 Å². The van der Waals surface area contributed by atoms with Crippen molar-refractivity contribution in [1.29, 1.82) is 0 Å². The first kappa shape index (κ1) is 17.3. The van der Waals surface area contributed by atoms with Crippen LogP contribution < -0.4 is 5.43 Å². The van der Waals surface area contributed by atoms with Crippen molar-refractivity contribution in [2.45, 2.75) is 20.0 Å². The molecule has 0 saturated carbocycles. The van der Waals surface area contributed by atoms with Crippen LogP contribution in [0.1, 0.15) is 26.8 Å². The molecule has 0 aliphatic rings. The molecule has 0 radical (unpaired) electrons. The molecule has 0 N–H and O–H groups in total. The van der Waals surface area contributed by atoms with Crippen LogP contribution in [0.15, 0.2) is 73.8 Å². The van der Waals surface area contributed by atoms with Gasteiger partial charge in [0.05, 0.1) is 24.7 Å². The van der Waals surface area contributed by atoms with E-state index < -0.39 is 0 Å². The van der Waals surface area contributed by atoms with E-state index in [1.54, 1.807) is 40.7 Å². The summed E-state index contributed by atoms with van der Waals surface area (Å²) in [6.07, 6.45) is 1.57. The minimum atomic E-state index is -0.347. The molecule has 1 aromatic carbocycles. The molecule has 0 unspecified atom stereocenters. The molecule has 136 valence electrons. The molecule has 6 heteroatoms. The van der Waals surface area contributed by atoms with Crippen molar-refractivity contribution < 1.29 is 13.6 Å². The lowest BCUT2D eigenvalue weighted by atomic mass is 10.1. The van der Waals surface area contributed by atoms with E-state index in [2.05, 4.69) is 0 Å². The third kappa shape index (κ3) is 3.71. The molecule has 27 heavy (non-hydrogen) atoms. The normalized spacial score (nSPS) is 11.0. The van der Waals surface area contributed by atoms with Crippen LogP contribution in [0.2, 0.25) is 0 Å². The highest BCUT2D eigenvalue weighted by Crippen LogP contribution is 2.20. The molecule has 0 saturated heterocycles. The molecule has 0 bridgehead atoms. The van der Waals surface area contributed by atoms with E-state index in [9.17, 15) is 9.59 Å². The Bertz CT molecular complexity index is 1090. The van der Waals surface area contributed by atoms with Crippen molar-refractivity contribution in [2.75, 3.05) is 0 Å². The molecule has 4 rings (SSSR count). The Morgan fingerprint density at radius 3 is 2.74 bits per heavy atom. The van der Waals surface area contributed by atoms with Crippen LogP contribution in [0.4, 0.5) is 0 Å². The number of furan rings is 1. The van der Waals surface area contributed by atoms with Crippen LogP contribution in [0.25, 0.3) is 11.0 Å². The Morgan fingerprint density at radius 2 is 2.00 bits per heavy atom. The summed E-state index contributed by atoms with van der Waals surface area (Å²) in [6.45, 7) is 2.61. The van der Waals surface area contributed by atoms with Gasteiger partial charge in [0.2, 0.25) is 0 Å². The largest absolute Gasteiger partial charge is 0.467 e. The fourth-order valence-electron chi connectivity index (χ4n) is 2.90. The topological polar surface area (TPSA) is 63.7 Å². The molecule has 0 spiro atoms. The number of nitrogens with zero attached hydrogens (tertiary/aromatic N) is 1. The number of carbonyl (C=O) groups excluding carboxylic acids is 1. The van der Waals surface area contributed by atoms with E-state index in [0.717, 1.165) is 10.4 Å². The number of hydrogen-bond donors (Lipinski definition) is 0. The second-order valence-electron chi connectivity index (χ2n) is 6.29. The second kappa shape index (κ2) is 7.25. The Morgan fingerprint density at radius 1 is 1.11 bits per heavy atom. The van der Waals surface area contributed by atoms with Gasteiger partial charge in [-0.25, -0.2) is 0 Å². The maximum atomic E-state index is 13.1. The van der Waals surface area contributed by atoms with Crippen LogP contribution in [-0.2, 0) is 13.1 Å². The van der Waals surface area contributed by atoms with Gasteiger partial charge < -0.3 is 13.7 Å². The lowest BCUT2D eigenvalue weighted by Crippen LogP contribution is -2.30. The third-order valence-corrected chi connectivity index (χ3v) is 5.10. The monoisotopic (exact) mass is 379 g/mol. The van der Waals surface area contributed by atoms with Gasteiger partial charge in [0, 0.05) is 10.9 Å². The van der Waals surface area contributed by atoms with Gasteiger partial charge in [0.1, 0.15) is 11.3 Å². The summed E-state index contributed by atoms with van der Waals surface area (Å²) in [5.41, 5.74) is 1.15. The van der Waals surface area contributed by atoms with Crippen LogP contribution in [-0.4, -0.2) is 10.8 Å². The van der Waals surface area contributed by atoms with Crippen LogP contribution in [0.3, 0.4) is 0 Å². The van der Waals surface area contributed by atoms with Gasteiger partial charge in [-0.15, -0.1) is 11.3 Å². The van der Waals surface area contributed by atoms with Gasteiger partial charge in [0.25, 0.3) is 5.91 Å². The maximum Gasteiger partial charge on any atom is 0.290 e. The molecule has 3 aromatic heterocycles. The van der Waals surface area contributed by atoms with Crippen LogP contribution in [0, 0.1) is 6.92 Å². The fraction of sp³-hybridized carbons (Fsp3) is 0.143. The van der Waals surface area contributed by atoms with Crippen molar-refractivity contribution in [3.05, 3.63) is 92.4 Å². The molecule has 4 aromatic rings. The van der Waals surface area contributed by atoms with Crippen molar-refractivity contribution in [3.8, 4) is 0 Å². The number of rotatable bonds is 5. The average molecular weight is 379 g/mol. The minimum absolute atomic E-state index is 0.0289. The van der Waals surface area contributed by atoms with Crippen LogP contribution in [0.5, 0.6) is 0 Å². The lowest BCUT2D eigenvalue weighted by molar-refractivity contribution is 0.0687. The zero-order valence-electron chi connectivity index (χ0n) is 14.7. The average Bonchev–Trinajstić information content (AvgIpc) is 3.34. The molecule has 3 heterocycles. The molecule has 1 amide bonds. The van der Waals surface area contributed by atoms with Gasteiger partial charge in [-0.3, -0.25) is 9.59 Å². The van der Waals surface area contributed by atoms with E-state index >= 15 is 0 Å². The number of benzene rings is 1. The van der Waals surface area contributed by atoms with E-state index in [0.29, 0.717) is 29.8 Å². The molecular formula is C21H17NO4S. The number of amides is 1. The zero-order valence-corrected chi connectivity index (χ0v) is 15.5. The predicted molar refractivity (Wildman–Crippen MR) is 104 cm³/mol. The van der Waals surface area contributed by atoms with E-state index in [1.165, 1.54) is 6.07 Å². The molecular weight excluding hydrogens is 362 g/mol. The van der Waals surface area contributed by atoms with E-state index in [1.807, 2.05) is 36.6 Å².